The first-order valence-electron chi connectivity index (χ1n) is 6.02. The second-order valence-corrected chi connectivity index (χ2v) is 6.53. The minimum absolute atomic E-state index is 0.0457. The SMILES string of the molecule is CC(N)Cc1ccc(Sc2ccc(Br)cc2)c(F)c1. The molecule has 2 aromatic rings. The highest BCUT2D eigenvalue weighted by atomic mass is 79.9. The predicted octanol–water partition coefficient (Wildman–Crippen LogP) is 4.63. The van der Waals surface area contributed by atoms with Crippen LogP contribution in [0.5, 0.6) is 0 Å². The Labute approximate surface area is 125 Å². The Bertz CT molecular complexity index is 555. The Balaban J connectivity index is 2.15. The predicted molar refractivity (Wildman–Crippen MR) is 82.0 cm³/mol. The molecular formula is C15H15BrFNS. The number of rotatable bonds is 4. The molecule has 2 N–H and O–H groups in total. The third-order valence-electron chi connectivity index (χ3n) is 2.60. The molecule has 1 nitrogen and oxygen atoms in total. The van der Waals surface area contributed by atoms with Gasteiger partial charge in [-0.25, -0.2) is 4.39 Å². The van der Waals surface area contributed by atoms with Gasteiger partial charge in [0, 0.05) is 20.3 Å². The Morgan fingerprint density at radius 1 is 1.21 bits per heavy atom. The summed E-state index contributed by atoms with van der Waals surface area (Å²) in [6.07, 6.45) is 0.695. The smallest absolute Gasteiger partial charge is 0.137 e. The normalized spacial score (nSPS) is 12.4. The topological polar surface area (TPSA) is 26.0 Å². The van der Waals surface area contributed by atoms with Crippen LogP contribution in [0.25, 0.3) is 0 Å². The highest BCUT2D eigenvalue weighted by molar-refractivity contribution is 9.10. The van der Waals surface area contributed by atoms with Crippen molar-refractivity contribution in [1.82, 2.24) is 0 Å². The van der Waals surface area contributed by atoms with E-state index in [4.69, 9.17) is 5.73 Å². The molecule has 19 heavy (non-hydrogen) atoms. The zero-order chi connectivity index (χ0) is 13.8. The van der Waals surface area contributed by atoms with E-state index >= 15 is 0 Å². The van der Waals surface area contributed by atoms with Gasteiger partial charge in [-0.05, 0) is 55.3 Å². The highest BCUT2D eigenvalue weighted by Crippen LogP contribution is 2.31. The summed E-state index contributed by atoms with van der Waals surface area (Å²) >= 11 is 4.81. The van der Waals surface area contributed by atoms with Crippen LogP contribution in [-0.2, 0) is 6.42 Å². The van der Waals surface area contributed by atoms with Gasteiger partial charge in [-0.15, -0.1) is 0 Å². The maximum absolute atomic E-state index is 14.0. The molecule has 0 heterocycles. The molecule has 0 aliphatic rings. The Kier molecular flexibility index (Phi) is 5.02. The molecule has 0 aromatic heterocycles. The summed E-state index contributed by atoms with van der Waals surface area (Å²) in [7, 11) is 0. The van der Waals surface area contributed by atoms with Crippen LogP contribution in [0.15, 0.2) is 56.7 Å². The van der Waals surface area contributed by atoms with E-state index < -0.39 is 0 Å². The van der Waals surface area contributed by atoms with Crippen molar-refractivity contribution < 1.29 is 4.39 Å². The Morgan fingerprint density at radius 2 is 1.89 bits per heavy atom. The first-order valence-corrected chi connectivity index (χ1v) is 7.63. The van der Waals surface area contributed by atoms with Crippen LogP contribution < -0.4 is 5.73 Å². The molecule has 0 amide bonds. The van der Waals surface area contributed by atoms with Crippen LogP contribution in [0, 0.1) is 5.82 Å². The lowest BCUT2D eigenvalue weighted by Gasteiger charge is -2.08. The molecular weight excluding hydrogens is 325 g/mol. The summed E-state index contributed by atoms with van der Waals surface area (Å²) in [5.74, 6) is -0.189. The standard InChI is InChI=1S/C15H15BrFNS/c1-10(18)8-11-2-7-15(14(17)9-11)19-13-5-3-12(16)4-6-13/h2-7,9-10H,8,18H2,1H3. The van der Waals surface area contributed by atoms with Gasteiger partial charge in [0.2, 0.25) is 0 Å². The average molecular weight is 340 g/mol. The first-order chi connectivity index (χ1) is 9.04. The van der Waals surface area contributed by atoms with Crippen LogP contribution in [0.4, 0.5) is 4.39 Å². The summed E-state index contributed by atoms with van der Waals surface area (Å²) in [4.78, 5) is 1.65. The van der Waals surface area contributed by atoms with Crippen molar-refractivity contribution in [3.63, 3.8) is 0 Å². The third kappa shape index (κ3) is 4.34. The van der Waals surface area contributed by atoms with Gasteiger partial charge < -0.3 is 5.73 Å². The third-order valence-corrected chi connectivity index (χ3v) is 4.18. The quantitative estimate of drug-likeness (QED) is 0.878. The van der Waals surface area contributed by atoms with E-state index in [9.17, 15) is 4.39 Å². The van der Waals surface area contributed by atoms with Gasteiger partial charge in [-0.3, -0.25) is 0 Å². The summed E-state index contributed by atoms with van der Waals surface area (Å²) < 4.78 is 15.0. The number of hydrogen-bond acceptors (Lipinski definition) is 2. The molecule has 0 bridgehead atoms. The van der Waals surface area contributed by atoms with Crippen molar-refractivity contribution in [3.05, 3.63) is 58.3 Å². The van der Waals surface area contributed by atoms with Gasteiger partial charge in [-0.1, -0.05) is 33.8 Å². The molecule has 0 radical (unpaired) electrons. The summed E-state index contributed by atoms with van der Waals surface area (Å²) in [6.45, 7) is 1.92. The Morgan fingerprint density at radius 3 is 2.47 bits per heavy atom. The number of benzene rings is 2. The van der Waals surface area contributed by atoms with Crippen molar-refractivity contribution in [2.75, 3.05) is 0 Å². The lowest BCUT2D eigenvalue weighted by Crippen LogP contribution is -2.17. The molecule has 0 spiro atoms. The number of hydrogen-bond donors (Lipinski definition) is 1. The van der Waals surface area contributed by atoms with Crippen LogP contribution in [0.1, 0.15) is 12.5 Å². The summed E-state index contributed by atoms with van der Waals surface area (Å²) in [6, 6.07) is 13.2. The van der Waals surface area contributed by atoms with Crippen LogP contribution in [0.3, 0.4) is 0 Å². The van der Waals surface area contributed by atoms with E-state index in [0.717, 1.165) is 14.9 Å². The van der Waals surface area contributed by atoms with Gasteiger partial charge in [0.05, 0.1) is 0 Å². The molecule has 0 saturated carbocycles. The van der Waals surface area contributed by atoms with E-state index in [0.29, 0.717) is 11.3 Å². The van der Waals surface area contributed by atoms with E-state index in [1.54, 1.807) is 6.07 Å². The number of halogens is 2. The van der Waals surface area contributed by atoms with Crippen molar-refractivity contribution in [2.45, 2.75) is 29.2 Å². The average Bonchev–Trinajstić information content (AvgIpc) is 2.34. The van der Waals surface area contributed by atoms with Gasteiger partial charge >= 0.3 is 0 Å². The molecule has 100 valence electrons. The van der Waals surface area contributed by atoms with Crippen molar-refractivity contribution in [3.8, 4) is 0 Å². The second kappa shape index (κ2) is 6.55. The van der Waals surface area contributed by atoms with Crippen LogP contribution in [-0.4, -0.2) is 6.04 Å². The molecule has 0 aliphatic heterocycles. The minimum Gasteiger partial charge on any atom is -0.328 e. The van der Waals surface area contributed by atoms with Crippen molar-refractivity contribution >= 4 is 27.7 Å². The Hall–Kier alpha value is -0.840. The van der Waals surface area contributed by atoms with Gasteiger partial charge in [0.15, 0.2) is 0 Å². The fraction of sp³-hybridized carbons (Fsp3) is 0.200. The monoisotopic (exact) mass is 339 g/mol. The lowest BCUT2D eigenvalue weighted by atomic mass is 10.1. The number of nitrogens with two attached hydrogens (primary N) is 1. The highest BCUT2D eigenvalue weighted by Gasteiger charge is 2.07. The molecule has 2 aromatic carbocycles. The zero-order valence-electron chi connectivity index (χ0n) is 10.6. The fourth-order valence-corrected chi connectivity index (χ4v) is 2.84. The van der Waals surface area contributed by atoms with Crippen LogP contribution in [0.2, 0.25) is 0 Å². The summed E-state index contributed by atoms with van der Waals surface area (Å²) in [5.41, 5.74) is 6.66. The fourth-order valence-electron chi connectivity index (χ4n) is 1.76. The molecule has 0 fully saturated rings. The lowest BCUT2D eigenvalue weighted by molar-refractivity contribution is 0.597. The van der Waals surface area contributed by atoms with Crippen molar-refractivity contribution in [1.29, 1.82) is 0 Å². The maximum atomic E-state index is 14.0. The molecule has 0 saturated heterocycles. The maximum Gasteiger partial charge on any atom is 0.137 e. The zero-order valence-corrected chi connectivity index (χ0v) is 13.0. The van der Waals surface area contributed by atoms with E-state index in [1.165, 1.54) is 11.8 Å². The van der Waals surface area contributed by atoms with Crippen LogP contribution >= 0.6 is 27.7 Å². The van der Waals surface area contributed by atoms with Gasteiger partial charge in [0.1, 0.15) is 5.82 Å². The van der Waals surface area contributed by atoms with E-state index in [2.05, 4.69) is 15.9 Å². The molecule has 1 atom stereocenters. The van der Waals surface area contributed by atoms with Gasteiger partial charge in [0.25, 0.3) is 0 Å². The van der Waals surface area contributed by atoms with Gasteiger partial charge in [-0.2, -0.15) is 0 Å². The molecule has 2 rings (SSSR count). The minimum atomic E-state index is -0.189. The first kappa shape index (κ1) is 14.6. The van der Waals surface area contributed by atoms with Crippen molar-refractivity contribution in [2.24, 2.45) is 5.73 Å². The largest absolute Gasteiger partial charge is 0.328 e. The molecule has 0 aliphatic carbocycles. The van der Waals surface area contributed by atoms with E-state index in [1.807, 2.05) is 43.3 Å². The molecule has 4 heteroatoms. The summed E-state index contributed by atoms with van der Waals surface area (Å²) in [5, 5.41) is 0. The second-order valence-electron chi connectivity index (χ2n) is 4.50. The molecule has 1 unspecified atom stereocenters. The van der Waals surface area contributed by atoms with E-state index in [-0.39, 0.29) is 11.9 Å².